The van der Waals surface area contributed by atoms with Crippen molar-refractivity contribution >= 4 is 126 Å². The Bertz CT molecular complexity index is 6380. The monoisotopic (exact) mass is 1940 g/mol. The number of aromatic amines is 4. The summed E-state index contributed by atoms with van der Waals surface area (Å²) in [5.41, 5.74) is 24.8. The van der Waals surface area contributed by atoms with Crippen molar-refractivity contribution in [3.05, 3.63) is 348 Å². The highest BCUT2D eigenvalue weighted by atomic mass is 32.1. The SMILES string of the molecule is CN1CCC(N(CC2CCCCC2)c2ccc3[nH]ccc3c2)CC1.CN1CCC(N(Cc2ccccc2)c2ccc3[nH]ccc3c2)CC1.NC(=O)c1cc2cc(N(Cc3ccccc3)C3CCNCC3)ccc2s1.c1ccc(CN(c2ccc3[nH]ncc3c2)C2CCNCC2)cc1.c1ccc(CN(c2ccc3[nH]ncc3c2)C2CCNCC2)cc1.c1ccc(CN(c2ccc3sccc3c2)C2CCNCC2)cc1. The van der Waals surface area contributed by atoms with Gasteiger partial charge in [-0.25, -0.2) is 0 Å². The number of primary amides is 1. The van der Waals surface area contributed by atoms with E-state index in [1.807, 2.05) is 36.0 Å². The second-order valence-electron chi connectivity index (χ2n) is 40.3. The van der Waals surface area contributed by atoms with Gasteiger partial charge in [0.2, 0.25) is 0 Å². The van der Waals surface area contributed by atoms with Crippen LogP contribution in [-0.2, 0) is 32.7 Å². The van der Waals surface area contributed by atoms with Crippen LogP contribution in [0.1, 0.15) is 147 Å². The normalized spacial score (nSPS) is 16.8. The predicted molar refractivity (Wildman–Crippen MR) is 603 cm³/mol. The Morgan fingerprint density at radius 1 is 0.322 bits per heavy atom. The van der Waals surface area contributed by atoms with Crippen LogP contribution in [0.5, 0.6) is 0 Å². The van der Waals surface area contributed by atoms with Crippen LogP contribution in [0, 0.1) is 5.92 Å². The molecule has 0 unspecified atom stereocenters. The number of nitrogens with zero attached hydrogens (tertiary/aromatic N) is 10. The summed E-state index contributed by atoms with van der Waals surface area (Å²) in [6.07, 6.45) is 29.6. The Morgan fingerprint density at radius 2 is 0.636 bits per heavy atom. The number of nitrogens with two attached hydrogens (primary N) is 1. The van der Waals surface area contributed by atoms with Crippen molar-refractivity contribution in [3.63, 3.8) is 0 Å². The average molecular weight is 1950 g/mol. The van der Waals surface area contributed by atoms with Crippen molar-refractivity contribution in [2.24, 2.45) is 11.7 Å². The van der Waals surface area contributed by atoms with Crippen molar-refractivity contribution < 1.29 is 4.79 Å². The number of benzene rings is 11. The molecule has 742 valence electrons. The largest absolute Gasteiger partial charge is 0.368 e. The highest BCUT2D eigenvalue weighted by molar-refractivity contribution is 7.20. The molecule has 0 spiro atoms. The van der Waals surface area contributed by atoms with Crippen molar-refractivity contribution in [2.45, 2.75) is 178 Å². The highest BCUT2D eigenvalue weighted by Gasteiger charge is 2.32. The second-order valence-corrected chi connectivity index (χ2v) is 42.4. The number of rotatable bonds is 25. The molecular weight excluding hydrogens is 1800 g/mol. The van der Waals surface area contributed by atoms with Crippen LogP contribution in [0.25, 0.3) is 63.8 Å². The van der Waals surface area contributed by atoms with Crippen LogP contribution in [0.15, 0.2) is 315 Å². The number of carbonyl (C=O) groups excluding carboxylic acids is 1. The van der Waals surface area contributed by atoms with E-state index in [4.69, 9.17) is 5.73 Å². The maximum atomic E-state index is 11.5. The molecule has 7 fully saturated rings. The number of nitrogens with one attached hydrogen (secondary N) is 8. The van der Waals surface area contributed by atoms with Gasteiger partial charge in [0.05, 0.1) is 28.3 Å². The number of anilines is 6. The van der Waals surface area contributed by atoms with Crippen molar-refractivity contribution in [1.82, 2.24) is 61.4 Å². The lowest BCUT2D eigenvalue weighted by Gasteiger charge is -2.41. The molecule has 10 N–H and O–H groups in total. The molecule has 0 radical (unpaired) electrons. The summed E-state index contributed by atoms with van der Waals surface area (Å²) in [6.45, 7) is 19.6. The van der Waals surface area contributed by atoms with Crippen LogP contribution in [0.2, 0.25) is 0 Å². The third-order valence-electron chi connectivity index (χ3n) is 30.5. The summed E-state index contributed by atoms with van der Waals surface area (Å²) < 4.78 is 2.48. The number of likely N-dealkylation sites (tertiary alicyclic amines) is 2. The Hall–Kier alpha value is -12.6. The topological polar surface area (TPSA) is 206 Å². The number of H-pyrrole nitrogens is 4. The molecule has 0 bridgehead atoms. The first-order valence-electron chi connectivity index (χ1n) is 52.8. The number of fused-ring (bicyclic) bond motifs is 6. The molecule has 1 amide bonds. The summed E-state index contributed by atoms with van der Waals surface area (Å²) in [5.74, 6) is 0.535. The van der Waals surface area contributed by atoms with Gasteiger partial charge in [0, 0.05) is 164 Å². The summed E-state index contributed by atoms with van der Waals surface area (Å²) in [4.78, 5) is 39.2. The highest BCUT2D eigenvalue weighted by Crippen LogP contribution is 2.39. The maximum Gasteiger partial charge on any atom is 0.258 e. The fourth-order valence-corrected chi connectivity index (χ4v) is 24.0. The third kappa shape index (κ3) is 26.9. The standard InChI is InChI=1S/C21H23N3OS.C21H31N3.C21H25N3.C20H22N2S.2C19H22N4/c22-21(25)20-13-16-12-18(6-7-19(16)26-20)24(17-8-10-23-11-9-17)14-15-4-2-1-3-5-15;2*1-23-13-10-19(11-14-23)24(16-17-5-3-2-4-6-17)20-7-8-21-18(15-20)9-12-22-21;1-2-4-16(5-3-1)15-22(18-8-11-21-12-9-18)19-6-7-20-17(14-19)10-13-23-20;2*1-2-4-15(5-3-1)14-23(17-8-10-20-11-9-17)18-6-7-19-16(12-18)13-21-22-19/h1-7,12-13,17,23H,8-11,14H2,(H2,22,25);7-9,12,15,17,19,22H,2-6,10-11,13-14,16H2,1H3;2-9,12,15,19,22H,10-11,13-14,16H2,1H3;1-7,10,13-14,18,21H,8-9,11-12,15H2;2*1-7,12-13,17,20H,8-11,14H2,(H,21,22). The first kappa shape index (κ1) is 99.1. The minimum atomic E-state index is -0.354. The zero-order chi connectivity index (χ0) is 97.1. The van der Waals surface area contributed by atoms with E-state index in [1.165, 1.54) is 245 Å². The van der Waals surface area contributed by atoms with E-state index >= 15 is 0 Å². The molecule has 6 aliphatic heterocycles. The molecule has 24 rings (SSSR count). The lowest BCUT2D eigenvalue weighted by Crippen LogP contribution is -2.46. The Morgan fingerprint density at radius 3 is 1.01 bits per heavy atom. The first-order valence-corrected chi connectivity index (χ1v) is 54.5. The van der Waals surface area contributed by atoms with Crippen LogP contribution >= 0.6 is 22.7 Å². The van der Waals surface area contributed by atoms with E-state index in [0.29, 0.717) is 41.1 Å². The zero-order valence-corrected chi connectivity index (χ0v) is 85.2. The van der Waals surface area contributed by atoms with Gasteiger partial charge in [0.1, 0.15) is 0 Å². The molecule has 143 heavy (non-hydrogen) atoms. The van der Waals surface area contributed by atoms with Crippen LogP contribution < -0.4 is 56.4 Å². The quantitative estimate of drug-likeness (QED) is 0.0261. The van der Waals surface area contributed by atoms with Gasteiger partial charge in [-0.2, -0.15) is 10.2 Å². The number of hydrogen-bond acceptors (Lipinski definition) is 17. The van der Waals surface area contributed by atoms with Gasteiger partial charge in [-0.3, -0.25) is 15.0 Å². The average Bonchev–Trinajstić information content (AvgIpc) is 1.46. The molecular formula is C121H145N19OS2. The molecule has 12 heterocycles. The fraction of sp³-hybridized carbons (Fsp3) is 0.364. The summed E-state index contributed by atoms with van der Waals surface area (Å²) in [5, 5.41) is 37.9. The number of carbonyl (C=O) groups is 1. The van der Waals surface area contributed by atoms with Crippen molar-refractivity contribution in [1.29, 1.82) is 0 Å². The van der Waals surface area contributed by atoms with Gasteiger partial charge < -0.3 is 76.2 Å². The Kier molecular flexibility index (Phi) is 34.7. The van der Waals surface area contributed by atoms with E-state index < -0.39 is 0 Å². The van der Waals surface area contributed by atoms with Gasteiger partial charge in [-0.1, -0.05) is 171 Å². The summed E-state index contributed by atoms with van der Waals surface area (Å²) in [6, 6.07) is 106. The van der Waals surface area contributed by atoms with Gasteiger partial charge >= 0.3 is 0 Å². The van der Waals surface area contributed by atoms with Crippen LogP contribution in [-0.4, -0.2) is 181 Å². The van der Waals surface area contributed by atoms with Gasteiger partial charge in [-0.05, 0) is 366 Å². The minimum absolute atomic E-state index is 0.354. The van der Waals surface area contributed by atoms with Crippen molar-refractivity contribution in [2.75, 3.05) is 129 Å². The Labute approximate surface area is 853 Å². The number of hydrogen-bond donors (Lipinski definition) is 9. The van der Waals surface area contributed by atoms with E-state index in [1.54, 1.807) is 0 Å². The van der Waals surface area contributed by atoms with E-state index in [0.717, 1.165) is 125 Å². The van der Waals surface area contributed by atoms with Gasteiger partial charge in [-0.15, -0.1) is 22.7 Å². The van der Waals surface area contributed by atoms with E-state index in [9.17, 15) is 4.79 Å². The van der Waals surface area contributed by atoms with E-state index in [-0.39, 0.29) is 5.91 Å². The number of amides is 1. The molecule has 7 aliphatic rings. The number of piperidine rings is 6. The first-order chi connectivity index (χ1) is 70.5. The molecule has 22 heteroatoms. The lowest BCUT2D eigenvalue weighted by atomic mass is 9.88. The third-order valence-corrected chi connectivity index (χ3v) is 32.5. The second kappa shape index (κ2) is 50.1. The molecule has 1 saturated carbocycles. The minimum Gasteiger partial charge on any atom is -0.368 e. The summed E-state index contributed by atoms with van der Waals surface area (Å²) in [7, 11) is 4.48. The van der Waals surface area contributed by atoms with Gasteiger partial charge in [0.15, 0.2) is 0 Å². The molecule has 6 saturated heterocycles. The molecule has 0 atom stereocenters. The fourth-order valence-electron chi connectivity index (χ4n) is 22.4. The van der Waals surface area contributed by atoms with Gasteiger partial charge in [0.25, 0.3) is 5.91 Å². The van der Waals surface area contributed by atoms with E-state index in [2.05, 4.69) is 396 Å². The summed E-state index contributed by atoms with van der Waals surface area (Å²) >= 11 is 3.28. The Balaban J connectivity index is 0.000000109. The molecule has 17 aromatic rings. The lowest BCUT2D eigenvalue weighted by molar-refractivity contribution is 0.100. The van der Waals surface area contributed by atoms with Crippen molar-refractivity contribution in [3.8, 4) is 0 Å². The maximum absolute atomic E-state index is 11.5. The molecule has 6 aromatic heterocycles. The predicted octanol–water partition coefficient (Wildman–Crippen LogP) is 24.0. The number of thiophene rings is 2. The molecule has 11 aromatic carbocycles. The van der Waals surface area contributed by atoms with Crippen LogP contribution in [0.4, 0.5) is 34.1 Å². The van der Waals surface area contributed by atoms with Crippen LogP contribution in [0.3, 0.4) is 0 Å². The smallest absolute Gasteiger partial charge is 0.258 e. The zero-order valence-electron chi connectivity index (χ0n) is 83.6. The molecule has 20 nitrogen and oxygen atoms in total. The molecule has 1 aliphatic carbocycles. The number of aromatic nitrogens is 6.